The number of hydrogen-bond acceptors (Lipinski definition) is 12. The summed E-state index contributed by atoms with van der Waals surface area (Å²) in [6.45, 7) is 7.26. The molecular weight excluding hydrogens is 783 g/mol. The topological polar surface area (TPSA) is 205 Å². The Morgan fingerprint density at radius 1 is 1.00 bits per heavy atom. The molecule has 0 spiro atoms. The van der Waals surface area contributed by atoms with Crippen LogP contribution in [0.1, 0.15) is 65.2 Å². The standard InChI is InChI=1S/C42H49N5O11S/c1-6-23-20-42(23,40(50)46-59(52,53)27-15-16-27)45-38(48)31-19-26(21-47(31)39(49)33(22(2)3)44-41(51)57-24-10-7-8-11-24)56-36-28-17-14-25(54-4)18-30(28)43-34-29-12-9-13-32(55-5)35(29)58-37(34)36/h6,9,12-14,17-18,22-24,26-27,31,33H,1,7-8,10-11,15-16,19-21H2,2-5H3,(H,44,51)(H,45,48)(H,46,50)/t23-,26-,31+,33+,42-/m1/s1. The van der Waals surface area contributed by atoms with Crippen LogP contribution in [-0.2, 0) is 29.1 Å². The molecule has 3 N–H and O–H groups in total. The minimum Gasteiger partial charge on any atom is -0.497 e. The molecule has 0 bridgehead atoms. The van der Waals surface area contributed by atoms with Gasteiger partial charge >= 0.3 is 6.09 Å². The molecule has 17 heteroatoms. The van der Waals surface area contributed by atoms with Gasteiger partial charge in [0.25, 0.3) is 5.91 Å². The van der Waals surface area contributed by atoms with E-state index in [2.05, 4.69) is 21.9 Å². The van der Waals surface area contributed by atoms with Crippen LogP contribution in [0.2, 0.25) is 0 Å². The van der Waals surface area contributed by atoms with Crippen LogP contribution in [0.25, 0.3) is 33.0 Å². The van der Waals surface area contributed by atoms with Gasteiger partial charge in [0.05, 0.1) is 36.9 Å². The predicted molar refractivity (Wildman–Crippen MR) is 216 cm³/mol. The number of fused-ring (bicyclic) bond motifs is 4. The van der Waals surface area contributed by atoms with Gasteiger partial charge in [0.1, 0.15) is 41.1 Å². The number of benzene rings is 2. The average Bonchev–Trinajstić information content (AvgIpc) is 4.04. The molecule has 2 aromatic heterocycles. The van der Waals surface area contributed by atoms with Crippen molar-refractivity contribution in [1.82, 2.24) is 25.2 Å². The maximum Gasteiger partial charge on any atom is 0.408 e. The lowest BCUT2D eigenvalue weighted by Crippen LogP contribution is -2.59. The minimum absolute atomic E-state index is 0.0310. The maximum absolute atomic E-state index is 14.6. The Kier molecular flexibility index (Phi) is 10.6. The van der Waals surface area contributed by atoms with E-state index >= 15 is 0 Å². The molecule has 4 aromatic rings. The summed E-state index contributed by atoms with van der Waals surface area (Å²) in [5.41, 5.74) is 0.228. The van der Waals surface area contributed by atoms with Gasteiger partial charge in [0.15, 0.2) is 22.7 Å². The number of carbonyl (C=O) groups excluding carboxylic acids is 4. The van der Waals surface area contributed by atoms with E-state index in [1.807, 2.05) is 12.1 Å². The second-order valence-electron chi connectivity index (χ2n) is 16.3. The van der Waals surface area contributed by atoms with Crippen molar-refractivity contribution in [2.75, 3.05) is 20.8 Å². The molecule has 59 heavy (non-hydrogen) atoms. The second-order valence-corrected chi connectivity index (χ2v) is 18.2. The first kappa shape index (κ1) is 40.2. The molecule has 1 aliphatic heterocycles. The maximum atomic E-state index is 14.6. The van der Waals surface area contributed by atoms with E-state index < -0.39 is 74.7 Å². The Bertz CT molecular complexity index is 2460. The first-order chi connectivity index (χ1) is 28.3. The lowest BCUT2D eigenvalue weighted by Gasteiger charge is -2.31. The lowest BCUT2D eigenvalue weighted by molar-refractivity contribution is -0.141. The molecular formula is C42H49N5O11S. The highest BCUT2D eigenvalue weighted by atomic mass is 32.2. The normalized spacial score (nSPS) is 23.6. The number of methoxy groups -OCH3 is 2. The Labute approximate surface area is 341 Å². The Morgan fingerprint density at radius 2 is 1.76 bits per heavy atom. The number of rotatable bonds is 14. The number of pyridine rings is 1. The van der Waals surface area contributed by atoms with Crippen molar-refractivity contribution in [2.45, 2.75) is 100 Å². The molecule has 3 heterocycles. The number of carbonyl (C=O) groups is 4. The third-order valence-corrected chi connectivity index (χ3v) is 13.7. The molecule has 0 unspecified atom stereocenters. The zero-order valence-corrected chi connectivity index (χ0v) is 34.3. The van der Waals surface area contributed by atoms with Gasteiger partial charge < -0.3 is 38.9 Å². The quantitative estimate of drug-likeness (QED) is 0.146. The number of ether oxygens (including phenoxy) is 4. The van der Waals surface area contributed by atoms with E-state index in [-0.39, 0.29) is 25.5 Å². The van der Waals surface area contributed by atoms with Crippen LogP contribution < -0.4 is 29.6 Å². The van der Waals surface area contributed by atoms with Gasteiger partial charge in [0, 0.05) is 23.8 Å². The van der Waals surface area contributed by atoms with Crippen LogP contribution in [0, 0.1) is 11.8 Å². The number of sulfonamides is 1. The molecule has 4 amide bonds. The third-order valence-electron chi connectivity index (χ3n) is 11.9. The van der Waals surface area contributed by atoms with Crippen molar-refractivity contribution in [3.63, 3.8) is 0 Å². The Balaban J connectivity index is 1.14. The number of amides is 4. The highest BCUT2D eigenvalue weighted by Gasteiger charge is 2.62. The van der Waals surface area contributed by atoms with E-state index in [0.29, 0.717) is 63.1 Å². The van der Waals surface area contributed by atoms with Crippen LogP contribution >= 0.6 is 0 Å². The van der Waals surface area contributed by atoms with Crippen LogP contribution in [0.3, 0.4) is 0 Å². The predicted octanol–water partition coefficient (Wildman–Crippen LogP) is 4.86. The number of furan rings is 1. The lowest BCUT2D eigenvalue weighted by atomic mass is 10.0. The van der Waals surface area contributed by atoms with Crippen molar-refractivity contribution in [3.05, 3.63) is 49.1 Å². The van der Waals surface area contributed by atoms with Crippen molar-refractivity contribution < 1.29 is 51.0 Å². The fourth-order valence-corrected chi connectivity index (χ4v) is 9.72. The molecule has 5 atom stereocenters. The molecule has 3 saturated carbocycles. The molecule has 16 nitrogen and oxygen atoms in total. The van der Waals surface area contributed by atoms with E-state index in [1.165, 1.54) is 18.1 Å². The Hall–Kier alpha value is -5.58. The molecule has 3 aliphatic carbocycles. The second kappa shape index (κ2) is 15.5. The monoisotopic (exact) mass is 831 g/mol. The van der Waals surface area contributed by atoms with E-state index in [4.69, 9.17) is 28.3 Å². The highest BCUT2D eigenvalue weighted by Crippen LogP contribution is 2.46. The van der Waals surface area contributed by atoms with Gasteiger partial charge in [-0.25, -0.2) is 18.2 Å². The SMILES string of the molecule is C=C[C@@H]1C[C@]1(NC(=O)[C@@H]1C[C@@H](Oc2c3ccc(OC)cc3nc3c2oc2c(OC)cccc23)CN1C(=O)[C@@H](NC(=O)OC1CCCC1)C(C)C)C(=O)NS(=O)(=O)C1CC1. The Morgan fingerprint density at radius 3 is 2.42 bits per heavy atom. The summed E-state index contributed by atoms with van der Waals surface area (Å²) >= 11 is 0. The summed E-state index contributed by atoms with van der Waals surface area (Å²) in [5.74, 6) is -1.69. The number of para-hydroxylation sites is 1. The summed E-state index contributed by atoms with van der Waals surface area (Å²) in [6, 6.07) is 8.49. The number of hydrogen-bond donors (Lipinski definition) is 3. The molecule has 2 aromatic carbocycles. The minimum atomic E-state index is -3.93. The highest BCUT2D eigenvalue weighted by molar-refractivity contribution is 7.91. The number of likely N-dealkylation sites (tertiary alicyclic amines) is 1. The summed E-state index contributed by atoms with van der Waals surface area (Å²) < 4.78 is 57.8. The fourth-order valence-electron chi connectivity index (χ4n) is 8.36. The zero-order valence-electron chi connectivity index (χ0n) is 33.4. The summed E-state index contributed by atoms with van der Waals surface area (Å²) in [7, 11) is -0.841. The van der Waals surface area contributed by atoms with Crippen LogP contribution in [0.4, 0.5) is 4.79 Å². The van der Waals surface area contributed by atoms with Crippen molar-refractivity contribution in [2.24, 2.45) is 11.8 Å². The molecule has 4 fully saturated rings. The third kappa shape index (κ3) is 7.60. The zero-order chi connectivity index (χ0) is 41.8. The first-order valence-corrected chi connectivity index (χ1v) is 21.6. The smallest absolute Gasteiger partial charge is 0.408 e. The van der Waals surface area contributed by atoms with Crippen molar-refractivity contribution in [1.29, 1.82) is 0 Å². The number of aromatic nitrogens is 1. The molecule has 314 valence electrons. The van der Waals surface area contributed by atoms with Crippen molar-refractivity contribution >= 4 is 66.8 Å². The summed E-state index contributed by atoms with van der Waals surface area (Å²) in [5, 5.41) is 6.17. The van der Waals surface area contributed by atoms with Crippen LogP contribution in [0.15, 0.2) is 53.5 Å². The molecule has 1 saturated heterocycles. The number of nitrogens with one attached hydrogen (secondary N) is 3. The first-order valence-electron chi connectivity index (χ1n) is 20.1. The van der Waals surface area contributed by atoms with Gasteiger partial charge in [-0.05, 0) is 75.1 Å². The molecule has 4 aliphatic rings. The summed E-state index contributed by atoms with van der Waals surface area (Å²) in [6.07, 6.45) is 4.08. The van der Waals surface area contributed by atoms with E-state index in [9.17, 15) is 27.6 Å². The van der Waals surface area contributed by atoms with Gasteiger partial charge in [0.2, 0.25) is 21.8 Å². The average molecular weight is 832 g/mol. The van der Waals surface area contributed by atoms with E-state index in [0.717, 1.165) is 25.7 Å². The molecule has 0 radical (unpaired) electrons. The number of alkyl carbamates (subject to hydrolysis) is 1. The van der Waals surface area contributed by atoms with Gasteiger partial charge in [-0.3, -0.25) is 19.1 Å². The largest absolute Gasteiger partial charge is 0.497 e. The number of nitrogens with zero attached hydrogens (tertiary/aromatic N) is 2. The van der Waals surface area contributed by atoms with E-state index in [1.54, 1.807) is 45.2 Å². The van der Waals surface area contributed by atoms with Crippen LogP contribution in [0.5, 0.6) is 17.2 Å². The van der Waals surface area contributed by atoms with Gasteiger partial charge in [-0.1, -0.05) is 26.0 Å². The van der Waals surface area contributed by atoms with Gasteiger partial charge in [-0.15, -0.1) is 6.58 Å². The molecule has 8 rings (SSSR count). The van der Waals surface area contributed by atoms with Gasteiger partial charge in [-0.2, -0.15) is 0 Å². The summed E-state index contributed by atoms with van der Waals surface area (Å²) in [4.78, 5) is 62.2. The van der Waals surface area contributed by atoms with Crippen LogP contribution in [-0.4, -0.2) is 98.0 Å². The van der Waals surface area contributed by atoms with Crippen molar-refractivity contribution in [3.8, 4) is 17.2 Å². The fraction of sp³-hybridized carbons (Fsp3) is 0.500.